The van der Waals surface area contributed by atoms with E-state index in [0.29, 0.717) is 6.54 Å². The molecule has 0 heterocycles. The van der Waals surface area contributed by atoms with Crippen LogP contribution in [-0.4, -0.2) is 37.6 Å². The molecule has 5 nitrogen and oxygen atoms in total. The molecule has 0 aliphatic heterocycles. The zero-order valence-electron chi connectivity index (χ0n) is 12.2. The van der Waals surface area contributed by atoms with Crippen molar-refractivity contribution in [3.8, 4) is 11.8 Å². The Balaban J connectivity index is 2.50. The summed E-state index contributed by atoms with van der Waals surface area (Å²) in [7, 11) is 1.60. The molecule has 1 amide bonds. The lowest BCUT2D eigenvalue weighted by molar-refractivity contribution is -0.117. The number of nitriles is 1. The highest BCUT2D eigenvalue weighted by molar-refractivity contribution is 5.92. The second-order valence-electron chi connectivity index (χ2n) is 4.63. The summed E-state index contributed by atoms with van der Waals surface area (Å²) in [5.41, 5.74) is 0.736. The van der Waals surface area contributed by atoms with E-state index in [1.54, 1.807) is 31.4 Å². The molecular weight excluding hydrogens is 254 g/mol. The van der Waals surface area contributed by atoms with Crippen molar-refractivity contribution < 1.29 is 9.53 Å². The van der Waals surface area contributed by atoms with Crippen molar-refractivity contribution in [2.75, 3.05) is 32.1 Å². The molecule has 5 heteroatoms. The van der Waals surface area contributed by atoms with Crippen molar-refractivity contribution in [3.63, 3.8) is 0 Å². The first-order chi connectivity index (χ1) is 9.58. The molecule has 0 saturated carbocycles. The number of nitrogens with one attached hydrogen (secondary N) is 1. The van der Waals surface area contributed by atoms with Crippen LogP contribution in [0.4, 0.5) is 5.69 Å². The molecule has 1 aromatic rings. The topological polar surface area (TPSA) is 65.4 Å². The van der Waals surface area contributed by atoms with Gasteiger partial charge in [0, 0.05) is 12.2 Å². The average Bonchev–Trinajstić information content (AvgIpc) is 2.47. The van der Waals surface area contributed by atoms with Gasteiger partial charge in [0.05, 0.1) is 25.6 Å². The summed E-state index contributed by atoms with van der Waals surface area (Å²) in [6.45, 7) is 5.45. The highest BCUT2D eigenvalue weighted by Gasteiger charge is 2.12. The second kappa shape index (κ2) is 8.18. The summed E-state index contributed by atoms with van der Waals surface area (Å²) < 4.78 is 5.06. The molecule has 0 aliphatic rings. The molecule has 1 aromatic carbocycles. The van der Waals surface area contributed by atoms with E-state index in [2.05, 4.69) is 11.4 Å². The van der Waals surface area contributed by atoms with Gasteiger partial charge >= 0.3 is 0 Å². The third kappa shape index (κ3) is 5.29. The molecule has 0 fully saturated rings. The highest BCUT2D eigenvalue weighted by Crippen LogP contribution is 2.14. The number of rotatable bonds is 7. The Morgan fingerprint density at radius 1 is 1.45 bits per heavy atom. The third-order valence-corrected chi connectivity index (χ3v) is 2.94. The number of amides is 1. The van der Waals surface area contributed by atoms with Crippen LogP contribution in [0.3, 0.4) is 0 Å². The van der Waals surface area contributed by atoms with Crippen LogP contribution < -0.4 is 10.1 Å². The van der Waals surface area contributed by atoms with Gasteiger partial charge in [0.15, 0.2) is 0 Å². The number of methoxy groups -OCH3 is 1. The van der Waals surface area contributed by atoms with Crippen molar-refractivity contribution in [2.45, 2.75) is 13.8 Å². The molecule has 1 atom stereocenters. The quantitative estimate of drug-likeness (QED) is 0.827. The van der Waals surface area contributed by atoms with Gasteiger partial charge in [0.2, 0.25) is 5.91 Å². The number of hydrogen-bond acceptors (Lipinski definition) is 4. The smallest absolute Gasteiger partial charge is 0.238 e. The monoisotopic (exact) mass is 275 g/mol. The summed E-state index contributed by atoms with van der Waals surface area (Å²) in [4.78, 5) is 13.9. The van der Waals surface area contributed by atoms with Crippen LogP contribution in [0.25, 0.3) is 0 Å². The maximum absolute atomic E-state index is 11.9. The van der Waals surface area contributed by atoms with Gasteiger partial charge in [-0.3, -0.25) is 9.69 Å². The van der Waals surface area contributed by atoms with Crippen molar-refractivity contribution in [1.82, 2.24) is 4.90 Å². The lowest BCUT2D eigenvalue weighted by Gasteiger charge is -2.20. The van der Waals surface area contributed by atoms with Crippen LogP contribution in [0, 0.1) is 17.2 Å². The van der Waals surface area contributed by atoms with Crippen LogP contribution in [-0.2, 0) is 4.79 Å². The van der Waals surface area contributed by atoms with Gasteiger partial charge in [0.1, 0.15) is 5.75 Å². The van der Waals surface area contributed by atoms with E-state index in [4.69, 9.17) is 10.00 Å². The Hall–Kier alpha value is -2.06. The van der Waals surface area contributed by atoms with Gasteiger partial charge in [-0.05, 0) is 37.7 Å². The van der Waals surface area contributed by atoms with Crippen molar-refractivity contribution >= 4 is 11.6 Å². The van der Waals surface area contributed by atoms with E-state index >= 15 is 0 Å². The Morgan fingerprint density at radius 3 is 2.60 bits per heavy atom. The first-order valence-corrected chi connectivity index (χ1v) is 6.65. The molecule has 20 heavy (non-hydrogen) atoms. The number of ether oxygens (including phenoxy) is 1. The Labute approximate surface area is 120 Å². The average molecular weight is 275 g/mol. The number of nitrogens with zero attached hydrogens (tertiary/aromatic N) is 2. The number of hydrogen-bond donors (Lipinski definition) is 1. The molecule has 0 spiro atoms. The van der Waals surface area contributed by atoms with E-state index in [0.717, 1.165) is 18.0 Å². The predicted octanol–water partition coefficient (Wildman–Crippen LogP) is 2.12. The maximum Gasteiger partial charge on any atom is 0.238 e. The largest absolute Gasteiger partial charge is 0.497 e. The van der Waals surface area contributed by atoms with Crippen LogP contribution in [0.15, 0.2) is 24.3 Å². The molecule has 0 bridgehead atoms. The first-order valence-electron chi connectivity index (χ1n) is 6.65. The Bertz CT molecular complexity index is 465. The summed E-state index contributed by atoms with van der Waals surface area (Å²) in [6, 6.07) is 9.36. The molecule has 0 unspecified atom stereocenters. The maximum atomic E-state index is 11.9. The van der Waals surface area contributed by atoms with Crippen LogP contribution in [0.1, 0.15) is 13.8 Å². The van der Waals surface area contributed by atoms with Gasteiger partial charge in [-0.15, -0.1) is 0 Å². The normalized spacial score (nSPS) is 11.8. The predicted molar refractivity (Wildman–Crippen MR) is 78.5 cm³/mol. The molecule has 0 aliphatic carbocycles. The molecular formula is C15H21N3O2. The van der Waals surface area contributed by atoms with Gasteiger partial charge in [-0.1, -0.05) is 6.92 Å². The fourth-order valence-electron chi connectivity index (χ4n) is 1.81. The van der Waals surface area contributed by atoms with E-state index < -0.39 is 0 Å². The molecule has 0 aromatic heterocycles. The number of benzene rings is 1. The fourth-order valence-corrected chi connectivity index (χ4v) is 1.81. The van der Waals surface area contributed by atoms with Crippen molar-refractivity contribution in [1.29, 1.82) is 5.26 Å². The van der Waals surface area contributed by atoms with Crippen molar-refractivity contribution in [2.24, 2.45) is 5.92 Å². The van der Waals surface area contributed by atoms with E-state index in [1.165, 1.54) is 0 Å². The number of carbonyl (C=O) groups is 1. The molecule has 1 rings (SSSR count). The number of carbonyl (C=O) groups excluding carboxylic acids is 1. The minimum atomic E-state index is -0.0813. The SMILES string of the molecule is CCN(CC(=O)Nc1ccc(OC)cc1)C[C@@H](C)C#N. The van der Waals surface area contributed by atoms with Crippen molar-refractivity contribution in [3.05, 3.63) is 24.3 Å². The molecule has 0 radical (unpaired) electrons. The fraction of sp³-hybridized carbons (Fsp3) is 0.467. The Kier molecular flexibility index (Phi) is 6.54. The van der Waals surface area contributed by atoms with E-state index in [9.17, 15) is 4.79 Å². The standard InChI is InChI=1S/C15H21N3O2/c1-4-18(10-12(2)9-16)11-15(19)17-13-5-7-14(20-3)8-6-13/h5-8,12H,4,10-11H2,1-3H3,(H,17,19)/t12-/m0/s1. The van der Waals surface area contributed by atoms with Gasteiger partial charge < -0.3 is 10.1 Å². The van der Waals surface area contributed by atoms with Gasteiger partial charge in [-0.2, -0.15) is 5.26 Å². The van der Waals surface area contributed by atoms with Gasteiger partial charge in [0.25, 0.3) is 0 Å². The zero-order valence-corrected chi connectivity index (χ0v) is 12.2. The second-order valence-corrected chi connectivity index (χ2v) is 4.63. The summed E-state index contributed by atoms with van der Waals surface area (Å²) in [5.74, 6) is 0.590. The molecule has 1 N–H and O–H groups in total. The lowest BCUT2D eigenvalue weighted by Crippen LogP contribution is -2.35. The summed E-state index contributed by atoms with van der Waals surface area (Å²) in [5, 5.41) is 11.6. The van der Waals surface area contributed by atoms with Crippen LogP contribution in [0.5, 0.6) is 5.75 Å². The third-order valence-electron chi connectivity index (χ3n) is 2.94. The zero-order chi connectivity index (χ0) is 15.0. The van der Waals surface area contributed by atoms with E-state index in [-0.39, 0.29) is 18.4 Å². The molecule has 108 valence electrons. The molecule has 0 saturated heterocycles. The lowest BCUT2D eigenvalue weighted by atomic mass is 10.2. The van der Waals surface area contributed by atoms with Crippen LogP contribution in [0.2, 0.25) is 0 Å². The number of anilines is 1. The first kappa shape index (κ1) is 16.0. The van der Waals surface area contributed by atoms with Gasteiger partial charge in [-0.25, -0.2) is 0 Å². The number of likely N-dealkylation sites (N-methyl/N-ethyl adjacent to an activating group) is 1. The van der Waals surface area contributed by atoms with E-state index in [1.807, 2.05) is 18.7 Å². The summed E-state index contributed by atoms with van der Waals surface area (Å²) >= 11 is 0. The highest BCUT2D eigenvalue weighted by atomic mass is 16.5. The minimum absolute atomic E-state index is 0.0799. The van der Waals surface area contributed by atoms with Crippen LogP contribution >= 0.6 is 0 Å². The Morgan fingerprint density at radius 2 is 2.10 bits per heavy atom. The summed E-state index contributed by atoms with van der Waals surface area (Å²) in [6.07, 6.45) is 0. The minimum Gasteiger partial charge on any atom is -0.497 e.